The van der Waals surface area contributed by atoms with E-state index in [4.69, 9.17) is 9.47 Å². The number of ether oxygens (including phenoxy) is 2. The molecular weight excluding hydrogens is 598 g/mol. The third-order valence-corrected chi connectivity index (χ3v) is 8.66. The summed E-state index contributed by atoms with van der Waals surface area (Å²) in [5.41, 5.74) is 2.46. The predicted molar refractivity (Wildman–Crippen MR) is 165 cm³/mol. The first kappa shape index (κ1) is 31.5. The van der Waals surface area contributed by atoms with Gasteiger partial charge in [-0.2, -0.15) is 10.2 Å². The van der Waals surface area contributed by atoms with Gasteiger partial charge >= 0.3 is 5.92 Å². The van der Waals surface area contributed by atoms with Gasteiger partial charge in [-0.05, 0) is 56.3 Å². The second-order valence-electron chi connectivity index (χ2n) is 11.9. The second kappa shape index (κ2) is 13.1. The maximum Gasteiger partial charge on any atom is 0.301 e. The second-order valence-corrected chi connectivity index (χ2v) is 11.9. The molecule has 1 amide bonds. The van der Waals surface area contributed by atoms with Crippen molar-refractivity contribution in [3.05, 3.63) is 54.4 Å². The smallest absolute Gasteiger partial charge is 0.301 e. The van der Waals surface area contributed by atoms with E-state index in [2.05, 4.69) is 49.1 Å². The van der Waals surface area contributed by atoms with Crippen LogP contribution in [0.1, 0.15) is 25.8 Å². The molecule has 3 saturated heterocycles. The molecule has 4 heterocycles. The van der Waals surface area contributed by atoms with E-state index in [1.165, 1.54) is 25.4 Å². The van der Waals surface area contributed by atoms with Crippen molar-refractivity contribution >= 4 is 23.2 Å². The number of nitriles is 1. The molecule has 2 N–H and O–H groups in total. The summed E-state index contributed by atoms with van der Waals surface area (Å²) in [4.78, 5) is 30.8. The van der Waals surface area contributed by atoms with Gasteiger partial charge in [0.05, 0.1) is 31.4 Å². The van der Waals surface area contributed by atoms with Crippen LogP contribution in [0.2, 0.25) is 0 Å². The topological polar surface area (TPSA) is 140 Å². The van der Waals surface area contributed by atoms with Crippen molar-refractivity contribution in [3.63, 3.8) is 0 Å². The highest BCUT2D eigenvalue weighted by Crippen LogP contribution is 2.34. The molecule has 12 nitrogen and oxygen atoms in total. The van der Waals surface area contributed by atoms with E-state index in [-0.39, 0.29) is 30.1 Å². The average molecular weight is 635 g/mol. The summed E-state index contributed by atoms with van der Waals surface area (Å²) in [5.74, 6) is -3.55. The van der Waals surface area contributed by atoms with Crippen molar-refractivity contribution in [2.75, 3.05) is 56.2 Å². The number of piperazine rings is 1. The maximum atomic E-state index is 14.9. The highest BCUT2D eigenvalue weighted by Gasteiger charge is 2.48. The fourth-order valence-electron chi connectivity index (χ4n) is 6.07. The van der Waals surface area contributed by atoms with Gasteiger partial charge in [-0.3, -0.25) is 9.69 Å². The summed E-state index contributed by atoms with van der Waals surface area (Å²) >= 11 is 0. The molecule has 46 heavy (non-hydrogen) atoms. The van der Waals surface area contributed by atoms with Crippen LogP contribution in [0.15, 0.2) is 48.8 Å². The summed E-state index contributed by atoms with van der Waals surface area (Å²) in [6, 6.07) is 15.6. The lowest BCUT2D eigenvalue weighted by molar-refractivity contribution is -0.165. The Morgan fingerprint density at radius 1 is 1.17 bits per heavy atom. The molecule has 1 unspecified atom stereocenters. The van der Waals surface area contributed by atoms with E-state index in [1.807, 2.05) is 18.2 Å². The molecule has 14 heteroatoms. The number of carbonyl (C=O) groups is 1. The average Bonchev–Trinajstić information content (AvgIpc) is 3.02. The number of carbonyl (C=O) groups excluding carboxylic acids is 1. The number of aliphatic hydroxyl groups excluding tert-OH is 1. The minimum absolute atomic E-state index is 0.0000902. The number of nitrogens with one attached hydrogen (secondary N) is 1. The summed E-state index contributed by atoms with van der Waals surface area (Å²) in [5, 5.41) is 22.5. The monoisotopic (exact) mass is 634 g/mol. The summed E-state index contributed by atoms with van der Waals surface area (Å²) in [7, 11) is 0. The van der Waals surface area contributed by atoms with Crippen LogP contribution in [-0.4, -0.2) is 112 Å². The zero-order valence-electron chi connectivity index (χ0n) is 25.6. The number of likely N-dealkylation sites (tertiary alicyclic amines) is 1. The van der Waals surface area contributed by atoms with Gasteiger partial charge in [0, 0.05) is 55.6 Å². The van der Waals surface area contributed by atoms with E-state index in [0.29, 0.717) is 23.6 Å². The highest BCUT2D eigenvalue weighted by atomic mass is 19.3. The zero-order valence-corrected chi connectivity index (χ0v) is 25.6. The number of hydrogen-bond acceptors (Lipinski definition) is 11. The van der Waals surface area contributed by atoms with Gasteiger partial charge in [-0.1, -0.05) is 0 Å². The lowest BCUT2D eigenvalue weighted by Gasteiger charge is -2.47. The van der Waals surface area contributed by atoms with Crippen molar-refractivity contribution in [2.24, 2.45) is 0 Å². The van der Waals surface area contributed by atoms with E-state index in [1.54, 1.807) is 6.07 Å². The fourth-order valence-corrected chi connectivity index (χ4v) is 6.07. The molecular formula is C32H36F2N8O4. The SMILES string of the molecule is CC(O)C(=O)N1CC[C@@H](Oc2ccc(-c3ncnc(Nc4ccc(N5CCN(C6COC6)[C@H](C)C5)cc4)n3)cc2C#N)C(F)(F)C1. The summed E-state index contributed by atoms with van der Waals surface area (Å²) in [6.45, 7) is 7.16. The Bertz CT molecular complexity index is 1600. The fraction of sp³-hybridized carbons (Fsp3) is 0.469. The van der Waals surface area contributed by atoms with Crippen LogP contribution in [0.3, 0.4) is 0 Å². The first-order valence-corrected chi connectivity index (χ1v) is 15.3. The van der Waals surface area contributed by atoms with Crippen molar-refractivity contribution in [2.45, 2.75) is 50.5 Å². The Balaban J connectivity index is 1.09. The molecule has 0 radical (unpaired) electrons. The molecule has 3 aliphatic heterocycles. The van der Waals surface area contributed by atoms with Gasteiger partial charge in [0.15, 0.2) is 11.9 Å². The summed E-state index contributed by atoms with van der Waals surface area (Å²) < 4.78 is 40.8. The third-order valence-electron chi connectivity index (χ3n) is 8.66. The van der Waals surface area contributed by atoms with Crippen LogP contribution in [0.4, 0.5) is 26.1 Å². The Morgan fingerprint density at radius 3 is 2.61 bits per heavy atom. The number of alkyl halides is 2. The molecule has 3 fully saturated rings. The Morgan fingerprint density at radius 2 is 1.96 bits per heavy atom. The third kappa shape index (κ3) is 6.72. The molecule has 1 aromatic heterocycles. The van der Waals surface area contributed by atoms with Crippen LogP contribution in [0.25, 0.3) is 11.4 Å². The number of piperidine rings is 1. The normalized spacial score (nSPS) is 22.4. The lowest BCUT2D eigenvalue weighted by atomic mass is 10.0. The van der Waals surface area contributed by atoms with Crippen LogP contribution in [-0.2, 0) is 9.53 Å². The summed E-state index contributed by atoms with van der Waals surface area (Å²) in [6.07, 6.45) is -1.72. The van der Waals surface area contributed by atoms with E-state index in [0.717, 1.165) is 49.1 Å². The lowest BCUT2D eigenvalue weighted by Crippen LogP contribution is -2.60. The number of amides is 1. The van der Waals surface area contributed by atoms with Gasteiger partial charge in [-0.15, -0.1) is 0 Å². The number of hydrogen-bond donors (Lipinski definition) is 2. The molecule has 0 saturated carbocycles. The van der Waals surface area contributed by atoms with Gasteiger partial charge in [-0.25, -0.2) is 18.7 Å². The van der Waals surface area contributed by atoms with E-state index < -0.39 is 30.6 Å². The van der Waals surface area contributed by atoms with Crippen molar-refractivity contribution in [3.8, 4) is 23.2 Å². The van der Waals surface area contributed by atoms with Crippen molar-refractivity contribution in [1.29, 1.82) is 5.26 Å². The van der Waals surface area contributed by atoms with Gasteiger partial charge in [0.2, 0.25) is 5.95 Å². The Hall–Kier alpha value is -4.45. The standard InChI is InChI=1S/C32H36F2N8O4/c1-20-15-40(11-12-42(20)26-16-45-17-26)25-6-4-24(5-7-25)38-31-37-19-36-29(39-31)22-3-8-27(23(13-22)14-35)46-28-9-10-41(18-32(28,33)34)30(44)21(2)43/h3-8,13,19-21,26,28,43H,9-12,15-18H2,1-2H3,(H,36,37,38,39)/t20-,21?,28-/m1/s1. The van der Waals surface area contributed by atoms with Gasteiger partial charge in [0.1, 0.15) is 24.3 Å². The van der Waals surface area contributed by atoms with Crippen LogP contribution in [0, 0.1) is 11.3 Å². The molecule has 6 rings (SSSR count). The molecule has 2 aromatic carbocycles. The first-order valence-electron chi connectivity index (χ1n) is 15.3. The minimum atomic E-state index is -3.38. The molecule has 3 atom stereocenters. The molecule has 0 spiro atoms. The molecule has 0 aliphatic carbocycles. The molecule has 0 bridgehead atoms. The zero-order chi connectivity index (χ0) is 32.4. The number of anilines is 3. The van der Waals surface area contributed by atoms with Crippen molar-refractivity contribution in [1.82, 2.24) is 24.8 Å². The first-order chi connectivity index (χ1) is 22.1. The minimum Gasteiger partial charge on any atom is -0.483 e. The van der Waals surface area contributed by atoms with E-state index >= 15 is 0 Å². The van der Waals surface area contributed by atoms with Crippen LogP contribution >= 0.6 is 0 Å². The number of nitrogens with zero attached hydrogens (tertiary/aromatic N) is 7. The number of rotatable bonds is 8. The molecule has 3 aromatic rings. The molecule has 3 aliphatic rings. The number of benzene rings is 2. The Kier molecular flexibility index (Phi) is 8.99. The van der Waals surface area contributed by atoms with E-state index in [9.17, 15) is 23.9 Å². The molecule has 242 valence electrons. The van der Waals surface area contributed by atoms with Crippen molar-refractivity contribution < 1.29 is 28.2 Å². The number of aliphatic hydroxyl groups is 1. The number of halogens is 2. The highest BCUT2D eigenvalue weighted by molar-refractivity contribution is 5.80. The quantitative estimate of drug-likeness (QED) is 0.378. The van der Waals surface area contributed by atoms with Gasteiger partial charge < -0.3 is 29.7 Å². The maximum absolute atomic E-state index is 14.9. The van der Waals surface area contributed by atoms with Crippen LogP contribution in [0.5, 0.6) is 5.75 Å². The Labute approximate surface area is 265 Å². The van der Waals surface area contributed by atoms with Crippen LogP contribution < -0.4 is 15.0 Å². The predicted octanol–water partition coefficient (Wildman–Crippen LogP) is 3.06. The van der Waals surface area contributed by atoms with Gasteiger partial charge in [0.25, 0.3) is 5.91 Å². The largest absolute Gasteiger partial charge is 0.483 e. The number of aromatic nitrogens is 3.